The van der Waals surface area contributed by atoms with Crippen molar-refractivity contribution in [3.63, 3.8) is 0 Å². The van der Waals surface area contributed by atoms with Crippen molar-refractivity contribution in [1.29, 1.82) is 0 Å². The monoisotopic (exact) mass is 245 g/mol. The van der Waals surface area contributed by atoms with Crippen LogP contribution in [0, 0.1) is 5.82 Å². The molecule has 1 aromatic rings. The van der Waals surface area contributed by atoms with Crippen molar-refractivity contribution in [3.8, 4) is 5.75 Å². The Morgan fingerprint density at radius 1 is 1.41 bits per heavy atom. The summed E-state index contributed by atoms with van der Waals surface area (Å²) in [5.41, 5.74) is 5.41. The Labute approximate surface area is 97.6 Å². The number of ether oxygens (including phenoxy) is 1. The van der Waals surface area contributed by atoms with Gasteiger partial charge in [0.1, 0.15) is 0 Å². The maximum absolute atomic E-state index is 13.7. The number of hydrogen-bond acceptors (Lipinski definition) is 2. The van der Waals surface area contributed by atoms with E-state index in [4.69, 9.17) is 10.5 Å². The zero-order valence-electron chi connectivity index (χ0n) is 9.47. The van der Waals surface area contributed by atoms with Gasteiger partial charge in [0.15, 0.2) is 11.6 Å². The van der Waals surface area contributed by atoms with Gasteiger partial charge in [0.2, 0.25) is 0 Å². The smallest absolute Gasteiger partial charge is 0.263 e. The molecule has 0 atom stereocenters. The molecule has 0 spiro atoms. The fourth-order valence-electron chi connectivity index (χ4n) is 2.08. The molecule has 2 rings (SSSR count). The quantitative estimate of drug-likeness (QED) is 0.885. The molecule has 0 aliphatic heterocycles. The van der Waals surface area contributed by atoms with Crippen molar-refractivity contribution in [2.45, 2.75) is 24.7 Å². The molecule has 1 aliphatic carbocycles. The van der Waals surface area contributed by atoms with Crippen molar-refractivity contribution < 1.29 is 17.9 Å². The van der Waals surface area contributed by atoms with Gasteiger partial charge in [-0.15, -0.1) is 0 Å². The van der Waals surface area contributed by atoms with Crippen molar-refractivity contribution in [1.82, 2.24) is 0 Å². The van der Waals surface area contributed by atoms with Gasteiger partial charge in [-0.25, -0.2) is 13.2 Å². The number of halogens is 3. The molecule has 0 radical (unpaired) electrons. The van der Waals surface area contributed by atoms with Crippen LogP contribution in [0.15, 0.2) is 12.1 Å². The van der Waals surface area contributed by atoms with Gasteiger partial charge < -0.3 is 10.5 Å². The normalized spacial score (nSPS) is 17.3. The lowest BCUT2D eigenvalue weighted by molar-refractivity contribution is 0.150. The summed E-state index contributed by atoms with van der Waals surface area (Å²) in [4.78, 5) is 0. The summed E-state index contributed by atoms with van der Waals surface area (Å²) in [6, 6.07) is 2.13. The highest BCUT2D eigenvalue weighted by atomic mass is 19.3. The summed E-state index contributed by atoms with van der Waals surface area (Å²) in [6.07, 6.45) is -1.12. The van der Waals surface area contributed by atoms with E-state index in [1.165, 1.54) is 13.2 Å². The summed E-state index contributed by atoms with van der Waals surface area (Å²) in [5.74, 6) is -0.711. The summed E-state index contributed by atoms with van der Waals surface area (Å²) < 4.78 is 43.9. The summed E-state index contributed by atoms with van der Waals surface area (Å²) >= 11 is 0. The van der Waals surface area contributed by atoms with Crippen molar-refractivity contribution in [2.24, 2.45) is 5.73 Å². The largest absolute Gasteiger partial charge is 0.493 e. The molecule has 0 saturated heterocycles. The lowest BCUT2D eigenvalue weighted by Gasteiger charge is -2.18. The fraction of sp³-hybridized carbons (Fsp3) is 0.500. The SMILES string of the molecule is COc1c(F)cc(C(F)F)cc1C1(CN)CC1. The molecule has 2 nitrogen and oxygen atoms in total. The minimum absolute atomic E-state index is 0.0392. The molecule has 0 unspecified atom stereocenters. The number of nitrogens with two attached hydrogens (primary N) is 1. The second kappa shape index (κ2) is 4.22. The van der Waals surface area contributed by atoms with E-state index in [0.29, 0.717) is 12.1 Å². The van der Waals surface area contributed by atoms with Crippen LogP contribution in [0.25, 0.3) is 0 Å². The van der Waals surface area contributed by atoms with E-state index in [0.717, 1.165) is 18.9 Å². The third-order valence-corrected chi connectivity index (χ3v) is 3.34. The van der Waals surface area contributed by atoms with Crippen molar-refractivity contribution in [2.75, 3.05) is 13.7 Å². The maximum Gasteiger partial charge on any atom is 0.263 e. The second-order valence-corrected chi connectivity index (χ2v) is 4.37. The van der Waals surface area contributed by atoms with Gasteiger partial charge in [-0.1, -0.05) is 0 Å². The Morgan fingerprint density at radius 2 is 2.06 bits per heavy atom. The zero-order valence-corrected chi connectivity index (χ0v) is 9.47. The van der Waals surface area contributed by atoms with Crippen LogP contribution in [0.1, 0.15) is 30.4 Å². The fourth-order valence-corrected chi connectivity index (χ4v) is 2.08. The van der Waals surface area contributed by atoms with Crippen LogP contribution in [0.5, 0.6) is 5.75 Å². The number of alkyl halides is 2. The summed E-state index contributed by atoms with van der Waals surface area (Å²) in [7, 11) is 1.33. The molecule has 1 aromatic carbocycles. The molecular weight excluding hydrogens is 231 g/mol. The van der Waals surface area contributed by atoms with E-state index in [9.17, 15) is 13.2 Å². The van der Waals surface area contributed by atoms with Gasteiger partial charge in [-0.3, -0.25) is 0 Å². The molecule has 5 heteroatoms. The van der Waals surface area contributed by atoms with E-state index in [1.807, 2.05) is 0 Å². The highest BCUT2D eigenvalue weighted by molar-refractivity contribution is 5.47. The van der Waals surface area contributed by atoms with Gasteiger partial charge in [-0.05, 0) is 25.0 Å². The molecular formula is C12H14F3NO. The maximum atomic E-state index is 13.7. The lowest BCUT2D eigenvalue weighted by Crippen LogP contribution is -2.21. The molecule has 17 heavy (non-hydrogen) atoms. The first-order chi connectivity index (χ1) is 8.04. The third kappa shape index (κ3) is 1.99. The molecule has 0 amide bonds. The Hall–Kier alpha value is -1.23. The zero-order chi connectivity index (χ0) is 12.6. The van der Waals surface area contributed by atoms with Crippen LogP contribution in [-0.4, -0.2) is 13.7 Å². The first-order valence-electron chi connectivity index (χ1n) is 5.40. The predicted octanol–water partition coefficient (Wildman–Crippen LogP) is 2.76. The minimum atomic E-state index is -2.69. The Balaban J connectivity index is 2.55. The van der Waals surface area contributed by atoms with E-state index in [2.05, 4.69) is 0 Å². The van der Waals surface area contributed by atoms with Gasteiger partial charge in [0.05, 0.1) is 7.11 Å². The third-order valence-electron chi connectivity index (χ3n) is 3.34. The summed E-state index contributed by atoms with van der Waals surface area (Å²) in [6.45, 7) is 0.315. The van der Waals surface area contributed by atoms with E-state index in [1.54, 1.807) is 0 Å². The van der Waals surface area contributed by atoms with Crippen LogP contribution >= 0.6 is 0 Å². The lowest BCUT2D eigenvalue weighted by atomic mass is 9.93. The average Bonchev–Trinajstić information content (AvgIpc) is 3.08. The Morgan fingerprint density at radius 3 is 2.47 bits per heavy atom. The molecule has 2 N–H and O–H groups in total. The van der Waals surface area contributed by atoms with Crippen LogP contribution in [-0.2, 0) is 5.41 Å². The van der Waals surface area contributed by atoms with Crippen LogP contribution in [0.2, 0.25) is 0 Å². The van der Waals surface area contributed by atoms with Crippen molar-refractivity contribution in [3.05, 3.63) is 29.1 Å². The Bertz CT molecular complexity index is 430. The second-order valence-electron chi connectivity index (χ2n) is 4.37. The highest BCUT2D eigenvalue weighted by Gasteiger charge is 2.45. The Kier molecular flexibility index (Phi) is 3.03. The van der Waals surface area contributed by atoms with Crippen molar-refractivity contribution >= 4 is 0 Å². The molecule has 1 aliphatic rings. The van der Waals surface area contributed by atoms with Gasteiger partial charge in [-0.2, -0.15) is 0 Å². The van der Waals surface area contributed by atoms with Crippen LogP contribution in [0.4, 0.5) is 13.2 Å². The number of methoxy groups -OCH3 is 1. The first kappa shape index (κ1) is 12.2. The topological polar surface area (TPSA) is 35.2 Å². The molecule has 94 valence electrons. The van der Waals surface area contributed by atoms with Gasteiger partial charge >= 0.3 is 0 Å². The summed E-state index contributed by atoms with van der Waals surface area (Å²) in [5, 5.41) is 0. The highest BCUT2D eigenvalue weighted by Crippen LogP contribution is 2.51. The number of rotatable bonds is 4. The van der Waals surface area contributed by atoms with E-state index >= 15 is 0 Å². The van der Waals surface area contributed by atoms with E-state index in [-0.39, 0.29) is 16.7 Å². The molecule has 0 bridgehead atoms. The number of benzene rings is 1. The van der Waals surface area contributed by atoms with E-state index < -0.39 is 12.2 Å². The standard InChI is InChI=1S/C12H14F3NO/c1-17-10-8(12(6-16)2-3-12)4-7(11(14)15)5-9(10)13/h4-5,11H,2-3,6,16H2,1H3. The van der Waals surface area contributed by atoms with Gasteiger partial charge in [0, 0.05) is 23.1 Å². The minimum Gasteiger partial charge on any atom is -0.493 e. The first-order valence-corrected chi connectivity index (χ1v) is 5.40. The molecule has 0 heterocycles. The molecule has 1 saturated carbocycles. The van der Waals surface area contributed by atoms with Crippen LogP contribution in [0.3, 0.4) is 0 Å². The predicted molar refractivity (Wildman–Crippen MR) is 57.9 cm³/mol. The number of hydrogen-bond donors (Lipinski definition) is 1. The molecule has 1 fully saturated rings. The average molecular weight is 245 g/mol. The molecule has 0 aromatic heterocycles. The van der Waals surface area contributed by atoms with Gasteiger partial charge in [0.25, 0.3) is 6.43 Å². The van der Waals surface area contributed by atoms with Crippen LogP contribution < -0.4 is 10.5 Å².